The molecule has 2 aromatic rings. The van der Waals surface area contributed by atoms with Crippen LogP contribution in [0.4, 0.5) is 0 Å². The van der Waals surface area contributed by atoms with Crippen molar-refractivity contribution in [2.24, 2.45) is 4.99 Å². The van der Waals surface area contributed by atoms with Gasteiger partial charge in [-0.15, -0.1) is 0 Å². The number of nitrogens with zero attached hydrogens (tertiary/aromatic N) is 1. The van der Waals surface area contributed by atoms with E-state index < -0.39 is 6.10 Å². The smallest absolute Gasteiger partial charge is 0.191 e. The van der Waals surface area contributed by atoms with Crippen molar-refractivity contribution in [3.63, 3.8) is 0 Å². The van der Waals surface area contributed by atoms with Gasteiger partial charge in [0.1, 0.15) is 24.2 Å². The second-order valence-corrected chi connectivity index (χ2v) is 7.16. The van der Waals surface area contributed by atoms with Gasteiger partial charge in [-0.1, -0.05) is 12.1 Å². The number of hydrogen-bond donors (Lipinski definition) is 3. The number of guanidine groups is 1. The summed E-state index contributed by atoms with van der Waals surface area (Å²) in [7, 11) is 0. The van der Waals surface area contributed by atoms with Crippen molar-refractivity contribution in [2.75, 3.05) is 26.3 Å². The zero-order valence-corrected chi connectivity index (χ0v) is 17.2. The third kappa shape index (κ3) is 6.51. The molecule has 3 N–H and O–H groups in total. The van der Waals surface area contributed by atoms with Gasteiger partial charge in [-0.2, -0.15) is 0 Å². The van der Waals surface area contributed by atoms with Gasteiger partial charge in [-0.3, -0.25) is 0 Å². The summed E-state index contributed by atoms with van der Waals surface area (Å²) < 4.78 is 16.9. The normalized spacial score (nSPS) is 17.9. The van der Waals surface area contributed by atoms with Crippen LogP contribution in [-0.2, 0) is 11.3 Å². The maximum absolute atomic E-state index is 10.2. The molecule has 0 spiro atoms. The molecule has 0 saturated carbocycles. The van der Waals surface area contributed by atoms with Crippen LogP contribution < -0.4 is 15.4 Å². The van der Waals surface area contributed by atoms with E-state index in [0.29, 0.717) is 31.4 Å². The zero-order chi connectivity index (χ0) is 20.5. The standard InChI is InChI=1S/C22H31N3O4/c1-3-23-22(25-14-19(26)20-7-5-11-28-20)24-13-17-9-8-16(2)12-21(17)29-15-18-6-4-10-27-18/h5,7-9,11-12,18-19,26H,3-4,6,10,13-15H2,1-2H3,(H2,23,24,25). The summed E-state index contributed by atoms with van der Waals surface area (Å²) in [5, 5.41) is 16.5. The highest BCUT2D eigenvalue weighted by molar-refractivity contribution is 5.79. The van der Waals surface area contributed by atoms with Gasteiger partial charge in [0.25, 0.3) is 0 Å². The van der Waals surface area contributed by atoms with E-state index >= 15 is 0 Å². The van der Waals surface area contributed by atoms with Gasteiger partial charge in [0, 0.05) is 18.7 Å². The number of ether oxygens (including phenoxy) is 2. The quantitative estimate of drug-likeness (QED) is 0.442. The first-order chi connectivity index (χ1) is 14.2. The van der Waals surface area contributed by atoms with Crippen molar-refractivity contribution in [1.29, 1.82) is 0 Å². The highest BCUT2D eigenvalue weighted by Gasteiger charge is 2.17. The first kappa shape index (κ1) is 21.2. The minimum atomic E-state index is -0.737. The summed E-state index contributed by atoms with van der Waals surface area (Å²) in [5.74, 6) is 2.00. The molecule has 0 amide bonds. The Hall–Kier alpha value is -2.51. The molecule has 29 heavy (non-hydrogen) atoms. The first-order valence-electron chi connectivity index (χ1n) is 10.2. The van der Waals surface area contributed by atoms with E-state index in [1.807, 2.05) is 26.0 Å². The van der Waals surface area contributed by atoms with Crippen LogP contribution in [0.25, 0.3) is 0 Å². The second-order valence-electron chi connectivity index (χ2n) is 7.16. The predicted octanol–water partition coefficient (Wildman–Crippen LogP) is 2.93. The van der Waals surface area contributed by atoms with E-state index in [4.69, 9.17) is 13.9 Å². The van der Waals surface area contributed by atoms with Crippen LogP contribution in [0.3, 0.4) is 0 Å². The molecule has 1 aromatic heterocycles. The summed E-state index contributed by atoms with van der Waals surface area (Å²) >= 11 is 0. The highest BCUT2D eigenvalue weighted by atomic mass is 16.5. The molecule has 1 aliphatic rings. The Labute approximate surface area is 172 Å². The number of aliphatic imine (C=N–C) groups is 1. The Bertz CT molecular complexity index is 770. The monoisotopic (exact) mass is 401 g/mol. The average molecular weight is 402 g/mol. The molecule has 3 rings (SSSR count). The largest absolute Gasteiger partial charge is 0.491 e. The van der Waals surface area contributed by atoms with Crippen molar-refractivity contribution in [3.05, 3.63) is 53.5 Å². The maximum atomic E-state index is 10.2. The summed E-state index contributed by atoms with van der Waals surface area (Å²) in [5.41, 5.74) is 2.16. The molecule has 7 nitrogen and oxygen atoms in total. The van der Waals surface area contributed by atoms with Crippen molar-refractivity contribution < 1.29 is 19.0 Å². The Morgan fingerprint density at radius 1 is 1.34 bits per heavy atom. The van der Waals surface area contributed by atoms with Gasteiger partial charge in [-0.05, 0) is 50.5 Å². The van der Waals surface area contributed by atoms with Gasteiger partial charge in [-0.25, -0.2) is 4.99 Å². The number of hydrogen-bond acceptors (Lipinski definition) is 5. The number of rotatable bonds is 9. The Morgan fingerprint density at radius 2 is 2.24 bits per heavy atom. The highest BCUT2D eigenvalue weighted by Crippen LogP contribution is 2.23. The predicted molar refractivity (Wildman–Crippen MR) is 112 cm³/mol. The van der Waals surface area contributed by atoms with Crippen molar-refractivity contribution in [3.8, 4) is 5.75 Å². The molecule has 2 unspecified atom stereocenters. The fourth-order valence-corrected chi connectivity index (χ4v) is 3.17. The third-order valence-corrected chi connectivity index (χ3v) is 4.76. The number of aliphatic hydroxyl groups is 1. The van der Waals surface area contributed by atoms with E-state index in [9.17, 15) is 5.11 Å². The summed E-state index contributed by atoms with van der Waals surface area (Å²) in [6.45, 7) is 6.92. The fraction of sp³-hybridized carbons (Fsp3) is 0.500. The third-order valence-electron chi connectivity index (χ3n) is 4.76. The number of benzene rings is 1. The topological polar surface area (TPSA) is 88.3 Å². The summed E-state index contributed by atoms with van der Waals surface area (Å²) in [6.07, 6.45) is 3.13. The molecule has 0 aliphatic carbocycles. The van der Waals surface area contributed by atoms with Crippen LogP contribution in [-0.4, -0.2) is 43.5 Å². The van der Waals surface area contributed by atoms with E-state index in [1.165, 1.54) is 0 Å². The molecule has 1 fully saturated rings. The van der Waals surface area contributed by atoms with E-state index in [2.05, 4.69) is 21.7 Å². The van der Waals surface area contributed by atoms with Crippen LogP contribution in [0.15, 0.2) is 46.0 Å². The van der Waals surface area contributed by atoms with Crippen LogP contribution in [0, 0.1) is 6.92 Å². The molecule has 2 atom stereocenters. The van der Waals surface area contributed by atoms with Crippen LogP contribution in [0.5, 0.6) is 5.75 Å². The number of aliphatic hydroxyl groups excluding tert-OH is 1. The van der Waals surface area contributed by atoms with Crippen molar-refractivity contribution >= 4 is 5.96 Å². The van der Waals surface area contributed by atoms with Gasteiger partial charge < -0.3 is 29.6 Å². The summed E-state index contributed by atoms with van der Waals surface area (Å²) in [4.78, 5) is 4.65. The molecule has 1 aromatic carbocycles. The fourth-order valence-electron chi connectivity index (χ4n) is 3.17. The lowest BCUT2D eigenvalue weighted by atomic mass is 10.1. The molecular weight excluding hydrogens is 370 g/mol. The molecule has 1 aliphatic heterocycles. The van der Waals surface area contributed by atoms with Crippen LogP contribution in [0.2, 0.25) is 0 Å². The second kappa shape index (κ2) is 10.9. The lowest BCUT2D eigenvalue weighted by molar-refractivity contribution is 0.0676. The molecule has 158 valence electrons. The Balaban J connectivity index is 1.61. The minimum Gasteiger partial charge on any atom is -0.491 e. The van der Waals surface area contributed by atoms with Crippen molar-refractivity contribution in [1.82, 2.24) is 10.6 Å². The van der Waals surface area contributed by atoms with Crippen LogP contribution >= 0.6 is 0 Å². The Kier molecular flexibility index (Phi) is 7.95. The minimum absolute atomic E-state index is 0.175. The van der Waals surface area contributed by atoms with Crippen molar-refractivity contribution in [2.45, 2.75) is 45.4 Å². The lowest BCUT2D eigenvalue weighted by Crippen LogP contribution is -2.39. The lowest BCUT2D eigenvalue weighted by Gasteiger charge is -2.16. The first-order valence-corrected chi connectivity index (χ1v) is 10.2. The summed E-state index contributed by atoms with van der Waals surface area (Å²) in [6, 6.07) is 9.66. The van der Waals surface area contributed by atoms with E-state index in [0.717, 1.165) is 42.9 Å². The molecule has 7 heteroatoms. The zero-order valence-electron chi connectivity index (χ0n) is 17.2. The molecule has 1 saturated heterocycles. The molecule has 0 bridgehead atoms. The molecule has 2 heterocycles. The number of aryl methyl sites for hydroxylation is 1. The van der Waals surface area contributed by atoms with E-state index in [1.54, 1.807) is 18.4 Å². The SMILES string of the molecule is CCNC(=NCc1ccc(C)cc1OCC1CCCO1)NCC(O)c1ccco1. The van der Waals surface area contributed by atoms with Gasteiger partial charge >= 0.3 is 0 Å². The number of nitrogens with one attached hydrogen (secondary N) is 2. The van der Waals surface area contributed by atoms with Gasteiger partial charge in [0.15, 0.2) is 5.96 Å². The van der Waals surface area contributed by atoms with Gasteiger partial charge in [0.05, 0.1) is 25.5 Å². The molecule has 0 radical (unpaired) electrons. The Morgan fingerprint density at radius 3 is 2.97 bits per heavy atom. The molecular formula is C22H31N3O4. The average Bonchev–Trinajstić information content (AvgIpc) is 3.43. The number of furan rings is 1. The maximum Gasteiger partial charge on any atom is 0.191 e. The van der Waals surface area contributed by atoms with E-state index in [-0.39, 0.29) is 6.10 Å². The van der Waals surface area contributed by atoms with Crippen LogP contribution in [0.1, 0.15) is 42.8 Å². The van der Waals surface area contributed by atoms with Gasteiger partial charge in [0.2, 0.25) is 0 Å².